The molecule has 3 aromatic rings. The van der Waals surface area contributed by atoms with E-state index in [1.54, 1.807) is 15.6 Å². The number of anilines is 1. The Balaban J connectivity index is 1.79. The minimum absolute atomic E-state index is 0.162. The molecule has 3 heterocycles. The standard InChI is InChI=1S/C17H17N5O/c1-11-5-3-6-13-7-4-10-21(14(11)13)16(23)15-19-17-18-9-8-12(2)22(17)20-15/h3,5-6,8-9H,4,7,10H2,1-2H3. The van der Waals surface area contributed by atoms with Gasteiger partial charge in [-0.1, -0.05) is 18.2 Å². The average molecular weight is 307 g/mol. The number of carbonyl (C=O) groups is 1. The van der Waals surface area contributed by atoms with Crippen LogP contribution >= 0.6 is 0 Å². The molecule has 0 saturated heterocycles. The van der Waals surface area contributed by atoms with Crippen LogP contribution in [0.25, 0.3) is 5.78 Å². The molecule has 0 unspecified atom stereocenters. The Hall–Kier alpha value is -2.76. The Bertz CT molecular complexity index is 914. The Kier molecular flexibility index (Phi) is 3.11. The molecule has 4 rings (SSSR count). The van der Waals surface area contributed by atoms with Crippen LogP contribution in [0.3, 0.4) is 0 Å². The van der Waals surface area contributed by atoms with E-state index in [2.05, 4.69) is 21.1 Å². The van der Waals surface area contributed by atoms with Crippen LogP contribution in [-0.2, 0) is 6.42 Å². The van der Waals surface area contributed by atoms with Gasteiger partial charge >= 0.3 is 0 Å². The summed E-state index contributed by atoms with van der Waals surface area (Å²) in [5.74, 6) is 0.489. The monoisotopic (exact) mass is 307 g/mol. The summed E-state index contributed by atoms with van der Waals surface area (Å²) in [6, 6.07) is 8.01. The molecule has 0 atom stereocenters. The normalized spacial score (nSPS) is 14.1. The molecule has 116 valence electrons. The van der Waals surface area contributed by atoms with Crippen LogP contribution in [-0.4, -0.2) is 32.0 Å². The molecule has 2 aromatic heterocycles. The van der Waals surface area contributed by atoms with Gasteiger partial charge in [-0.3, -0.25) is 4.79 Å². The number of hydrogen-bond donors (Lipinski definition) is 0. The zero-order valence-electron chi connectivity index (χ0n) is 13.2. The van der Waals surface area contributed by atoms with Gasteiger partial charge in [0.15, 0.2) is 0 Å². The molecule has 0 bridgehead atoms. The van der Waals surface area contributed by atoms with Crippen molar-refractivity contribution in [2.75, 3.05) is 11.4 Å². The van der Waals surface area contributed by atoms with Gasteiger partial charge in [0.05, 0.1) is 5.69 Å². The highest BCUT2D eigenvalue weighted by Crippen LogP contribution is 2.31. The molecule has 0 spiro atoms. The maximum atomic E-state index is 13.0. The molecule has 1 aromatic carbocycles. The molecule has 6 heteroatoms. The third kappa shape index (κ3) is 2.18. The Morgan fingerprint density at radius 1 is 1.22 bits per heavy atom. The van der Waals surface area contributed by atoms with Crippen LogP contribution in [0.4, 0.5) is 5.69 Å². The highest BCUT2D eigenvalue weighted by atomic mass is 16.2. The van der Waals surface area contributed by atoms with Gasteiger partial charge in [0.2, 0.25) is 5.82 Å². The van der Waals surface area contributed by atoms with Crippen LogP contribution in [0.2, 0.25) is 0 Å². The van der Waals surface area contributed by atoms with Crippen molar-refractivity contribution in [3.8, 4) is 0 Å². The summed E-state index contributed by atoms with van der Waals surface area (Å²) in [7, 11) is 0. The van der Waals surface area contributed by atoms with E-state index in [9.17, 15) is 4.79 Å². The highest BCUT2D eigenvalue weighted by molar-refractivity contribution is 6.05. The van der Waals surface area contributed by atoms with Crippen molar-refractivity contribution in [1.82, 2.24) is 19.6 Å². The number of benzene rings is 1. The number of amides is 1. The zero-order valence-corrected chi connectivity index (χ0v) is 13.2. The molecule has 0 saturated carbocycles. The molecule has 0 radical (unpaired) electrons. The summed E-state index contributed by atoms with van der Waals surface area (Å²) in [6.45, 7) is 4.64. The van der Waals surface area contributed by atoms with Crippen LogP contribution < -0.4 is 4.90 Å². The van der Waals surface area contributed by atoms with E-state index in [0.717, 1.165) is 29.8 Å². The number of hydrogen-bond acceptors (Lipinski definition) is 4. The molecule has 1 amide bonds. The van der Waals surface area contributed by atoms with Crippen molar-refractivity contribution >= 4 is 17.4 Å². The highest BCUT2D eigenvalue weighted by Gasteiger charge is 2.27. The molecule has 6 nitrogen and oxygen atoms in total. The lowest BCUT2D eigenvalue weighted by Crippen LogP contribution is -2.36. The van der Waals surface area contributed by atoms with Crippen molar-refractivity contribution in [3.05, 3.63) is 53.1 Å². The van der Waals surface area contributed by atoms with E-state index >= 15 is 0 Å². The molecule has 1 aliphatic rings. The topological polar surface area (TPSA) is 63.4 Å². The minimum Gasteiger partial charge on any atom is -0.305 e. The van der Waals surface area contributed by atoms with Crippen molar-refractivity contribution in [1.29, 1.82) is 0 Å². The number of para-hydroxylation sites is 1. The Morgan fingerprint density at radius 2 is 2.09 bits per heavy atom. The van der Waals surface area contributed by atoms with E-state index < -0.39 is 0 Å². The largest absolute Gasteiger partial charge is 0.305 e. The number of nitrogens with zero attached hydrogens (tertiary/aromatic N) is 5. The first kappa shape index (κ1) is 13.9. The minimum atomic E-state index is -0.162. The van der Waals surface area contributed by atoms with Crippen molar-refractivity contribution in [2.45, 2.75) is 26.7 Å². The van der Waals surface area contributed by atoms with Crippen LogP contribution in [0.5, 0.6) is 0 Å². The predicted octanol–water partition coefficient (Wildman–Crippen LogP) is 2.33. The number of fused-ring (bicyclic) bond motifs is 2. The van der Waals surface area contributed by atoms with Gasteiger partial charge in [-0.25, -0.2) is 9.50 Å². The summed E-state index contributed by atoms with van der Waals surface area (Å²) < 4.78 is 1.61. The van der Waals surface area contributed by atoms with Crippen molar-refractivity contribution in [3.63, 3.8) is 0 Å². The van der Waals surface area contributed by atoms with Crippen LogP contribution in [0, 0.1) is 13.8 Å². The zero-order chi connectivity index (χ0) is 16.0. The fourth-order valence-corrected chi connectivity index (χ4v) is 3.17. The molecule has 23 heavy (non-hydrogen) atoms. The molecule has 0 aliphatic carbocycles. The van der Waals surface area contributed by atoms with Crippen LogP contribution in [0.1, 0.15) is 33.9 Å². The van der Waals surface area contributed by atoms with Gasteiger partial charge in [0, 0.05) is 18.4 Å². The van der Waals surface area contributed by atoms with E-state index in [1.165, 1.54) is 5.56 Å². The lowest BCUT2D eigenvalue weighted by atomic mass is 9.98. The second-order valence-corrected chi connectivity index (χ2v) is 5.88. The number of aryl methyl sites for hydroxylation is 3. The first-order valence-corrected chi connectivity index (χ1v) is 7.74. The molecular weight excluding hydrogens is 290 g/mol. The van der Waals surface area contributed by atoms with E-state index in [-0.39, 0.29) is 11.7 Å². The average Bonchev–Trinajstić information content (AvgIpc) is 3.00. The summed E-state index contributed by atoms with van der Waals surface area (Å²) in [4.78, 5) is 23.2. The predicted molar refractivity (Wildman–Crippen MR) is 86.7 cm³/mol. The second-order valence-electron chi connectivity index (χ2n) is 5.88. The van der Waals surface area contributed by atoms with Gasteiger partial charge in [-0.05, 0) is 43.9 Å². The fourth-order valence-electron chi connectivity index (χ4n) is 3.17. The van der Waals surface area contributed by atoms with Gasteiger partial charge in [-0.2, -0.15) is 4.98 Å². The first-order valence-electron chi connectivity index (χ1n) is 7.74. The first-order chi connectivity index (χ1) is 11.1. The van der Waals surface area contributed by atoms with Crippen molar-refractivity contribution in [2.24, 2.45) is 0 Å². The third-order valence-electron chi connectivity index (χ3n) is 4.29. The Morgan fingerprint density at radius 3 is 2.91 bits per heavy atom. The summed E-state index contributed by atoms with van der Waals surface area (Å²) >= 11 is 0. The SMILES string of the molecule is Cc1cccc2c1N(C(=O)c1nc3nccc(C)n3n1)CCC2. The van der Waals surface area contributed by atoms with E-state index in [0.29, 0.717) is 12.3 Å². The lowest BCUT2D eigenvalue weighted by molar-refractivity contribution is 0.0975. The van der Waals surface area contributed by atoms with E-state index in [4.69, 9.17) is 0 Å². The van der Waals surface area contributed by atoms with E-state index in [1.807, 2.05) is 32.0 Å². The van der Waals surface area contributed by atoms with Crippen molar-refractivity contribution < 1.29 is 4.79 Å². The second kappa shape index (κ2) is 5.15. The smallest absolute Gasteiger partial charge is 0.298 e. The molecule has 1 aliphatic heterocycles. The summed E-state index contributed by atoms with van der Waals surface area (Å²) in [6.07, 6.45) is 3.63. The van der Waals surface area contributed by atoms with Gasteiger partial charge < -0.3 is 4.90 Å². The number of aromatic nitrogens is 4. The number of rotatable bonds is 1. The Labute approximate surface area is 133 Å². The molecule has 0 N–H and O–H groups in total. The third-order valence-corrected chi connectivity index (χ3v) is 4.29. The fraction of sp³-hybridized carbons (Fsp3) is 0.294. The quantitative estimate of drug-likeness (QED) is 0.692. The lowest BCUT2D eigenvalue weighted by Gasteiger charge is -2.30. The van der Waals surface area contributed by atoms with Gasteiger partial charge in [-0.15, -0.1) is 5.10 Å². The molecule has 0 fully saturated rings. The summed E-state index contributed by atoms with van der Waals surface area (Å²) in [5.41, 5.74) is 4.22. The maximum Gasteiger partial charge on any atom is 0.298 e. The summed E-state index contributed by atoms with van der Waals surface area (Å²) in [5, 5.41) is 4.34. The maximum absolute atomic E-state index is 13.0. The van der Waals surface area contributed by atoms with Gasteiger partial charge in [0.25, 0.3) is 11.7 Å². The van der Waals surface area contributed by atoms with Gasteiger partial charge in [0.1, 0.15) is 0 Å². The molecular formula is C17H17N5O. The number of carbonyl (C=O) groups excluding carboxylic acids is 1. The van der Waals surface area contributed by atoms with Crippen LogP contribution in [0.15, 0.2) is 30.5 Å².